The van der Waals surface area contributed by atoms with Gasteiger partial charge in [0.15, 0.2) is 0 Å². The third-order valence-electron chi connectivity index (χ3n) is 5.83. The van der Waals surface area contributed by atoms with Gasteiger partial charge in [0.2, 0.25) is 0 Å². The lowest BCUT2D eigenvalue weighted by molar-refractivity contribution is 0.0949. The molecule has 0 aliphatic carbocycles. The average molecular weight is 432 g/mol. The molecule has 1 aliphatic heterocycles. The zero-order chi connectivity index (χ0) is 22.3. The lowest BCUT2D eigenvalue weighted by Gasteiger charge is -2.32. The SMILES string of the molecule is COc1cccc(CNC(=O)c2cnc([C@H]3CCCN(Cc4cccnc4)C3)nc2C)c1. The molecule has 1 atom stereocenters. The summed E-state index contributed by atoms with van der Waals surface area (Å²) in [5, 5.41) is 2.95. The van der Waals surface area contributed by atoms with Crippen LogP contribution in [-0.2, 0) is 13.1 Å². The molecular weight excluding hydrogens is 402 g/mol. The van der Waals surface area contributed by atoms with Gasteiger partial charge >= 0.3 is 0 Å². The van der Waals surface area contributed by atoms with Gasteiger partial charge in [-0.1, -0.05) is 18.2 Å². The van der Waals surface area contributed by atoms with Crippen LogP contribution in [-0.4, -0.2) is 46.0 Å². The van der Waals surface area contributed by atoms with Gasteiger partial charge in [0.25, 0.3) is 5.91 Å². The molecular formula is C25H29N5O2. The highest BCUT2D eigenvalue weighted by Crippen LogP contribution is 2.26. The number of hydrogen-bond donors (Lipinski definition) is 1. The predicted octanol–water partition coefficient (Wildman–Crippen LogP) is 3.50. The van der Waals surface area contributed by atoms with E-state index in [4.69, 9.17) is 9.72 Å². The zero-order valence-electron chi connectivity index (χ0n) is 18.6. The number of pyridine rings is 1. The number of nitrogens with zero attached hydrogens (tertiary/aromatic N) is 4. The third-order valence-corrected chi connectivity index (χ3v) is 5.83. The molecule has 1 aliphatic rings. The molecule has 1 N–H and O–H groups in total. The van der Waals surface area contributed by atoms with E-state index in [9.17, 15) is 4.79 Å². The number of carbonyl (C=O) groups excluding carboxylic acids is 1. The quantitative estimate of drug-likeness (QED) is 0.617. The minimum Gasteiger partial charge on any atom is -0.497 e. The van der Waals surface area contributed by atoms with Crippen molar-refractivity contribution in [3.05, 3.63) is 83.2 Å². The highest BCUT2D eigenvalue weighted by molar-refractivity contribution is 5.94. The van der Waals surface area contributed by atoms with E-state index in [1.54, 1.807) is 19.5 Å². The van der Waals surface area contributed by atoms with E-state index in [2.05, 4.69) is 26.3 Å². The minimum absolute atomic E-state index is 0.168. The van der Waals surface area contributed by atoms with Crippen LogP contribution >= 0.6 is 0 Å². The fraction of sp³-hybridized carbons (Fsp3) is 0.360. The number of carbonyl (C=O) groups is 1. The zero-order valence-corrected chi connectivity index (χ0v) is 18.6. The van der Waals surface area contributed by atoms with Gasteiger partial charge in [-0.2, -0.15) is 0 Å². The van der Waals surface area contributed by atoms with Gasteiger partial charge in [0.05, 0.1) is 18.4 Å². The summed E-state index contributed by atoms with van der Waals surface area (Å²) in [6, 6.07) is 11.7. The van der Waals surface area contributed by atoms with Gasteiger partial charge in [0, 0.05) is 44.1 Å². The first kappa shape index (κ1) is 21.9. The lowest BCUT2D eigenvalue weighted by Crippen LogP contribution is -2.34. The monoisotopic (exact) mass is 431 g/mol. The van der Waals surface area contributed by atoms with Crippen LogP contribution in [0.1, 0.15) is 51.8 Å². The normalized spacial score (nSPS) is 16.5. The molecule has 4 rings (SSSR count). The Morgan fingerprint density at radius 3 is 2.88 bits per heavy atom. The van der Waals surface area contributed by atoms with Crippen molar-refractivity contribution < 1.29 is 9.53 Å². The first-order valence-corrected chi connectivity index (χ1v) is 11.0. The smallest absolute Gasteiger partial charge is 0.254 e. The molecule has 7 heteroatoms. The van der Waals surface area contributed by atoms with E-state index in [1.807, 2.05) is 43.5 Å². The van der Waals surface area contributed by atoms with Crippen molar-refractivity contribution in [1.29, 1.82) is 0 Å². The molecule has 2 aromatic heterocycles. The maximum absolute atomic E-state index is 12.7. The summed E-state index contributed by atoms with van der Waals surface area (Å²) in [6.07, 6.45) is 7.55. The highest BCUT2D eigenvalue weighted by atomic mass is 16.5. The summed E-state index contributed by atoms with van der Waals surface area (Å²) in [5.41, 5.74) is 3.42. The van der Waals surface area contributed by atoms with Gasteiger partial charge in [0.1, 0.15) is 11.6 Å². The number of aromatic nitrogens is 3. The van der Waals surface area contributed by atoms with Gasteiger partial charge in [-0.25, -0.2) is 9.97 Å². The Kier molecular flexibility index (Phi) is 7.07. The molecule has 0 saturated carbocycles. The van der Waals surface area contributed by atoms with E-state index >= 15 is 0 Å². The van der Waals surface area contributed by atoms with Crippen molar-refractivity contribution in [2.24, 2.45) is 0 Å². The van der Waals surface area contributed by atoms with Crippen LogP contribution in [0.3, 0.4) is 0 Å². The van der Waals surface area contributed by atoms with Crippen molar-refractivity contribution in [3.63, 3.8) is 0 Å². The van der Waals surface area contributed by atoms with Crippen molar-refractivity contribution in [2.45, 2.75) is 38.8 Å². The van der Waals surface area contributed by atoms with Crippen molar-refractivity contribution in [2.75, 3.05) is 20.2 Å². The predicted molar refractivity (Wildman–Crippen MR) is 122 cm³/mol. The van der Waals surface area contributed by atoms with Crippen molar-refractivity contribution in [1.82, 2.24) is 25.2 Å². The molecule has 1 amide bonds. The molecule has 166 valence electrons. The van der Waals surface area contributed by atoms with Crippen LogP contribution in [0.2, 0.25) is 0 Å². The second-order valence-corrected chi connectivity index (χ2v) is 8.20. The molecule has 1 aromatic carbocycles. The fourth-order valence-corrected chi connectivity index (χ4v) is 4.12. The average Bonchev–Trinajstić information content (AvgIpc) is 2.83. The summed E-state index contributed by atoms with van der Waals surface area (Å²) >= 11 is 0. The maximum atomic E-state index is 12.7. The molecule has 3 aromatic rings. The Morgan fingerprint density at radius 1 is 1.22 bits per heavy atom. The summed E-state index contributed by atoms with van der Waals surface area (Å²) in [7, 11) is 1.63. The number of amides is 1. The summed E-state index contributed by atoms with van der Waals surface area (Å²) in [4.78, 5) is 28.6. The van der Waals surface area contributed by atoms with E-state index in [1.165, 1.54) is 5.56 Å². The van der Waals surface area contributed by atoms with Gasteiger partial charge in [-0.05, 0) is 55.6 Å². The van der Waals surface area contributed by atoms with E-state index in [0.29, 0.717) is 17.8 Å². The number of rotatable bonds is 7. The van der Waals surface area contributed by atoms with Crippen LogP contribution in [0.15, 0.2) is 55.0 Å². The number of ether oxygens (including phenoxy) is 1. The summed E-state index contributed by atoms with van der Waals surface area (Å²) < 4.78 is 5.24. The van der Waals surface area contributed by atoms with Crippen LogP contribution < -0.4 is 10.1 Å². The van der Waals surface area contributed by atoms with Crippen molar-refractivity contribution >= 4 is 5.91 Å². The fourth-order valence-electron chi connectivity index (χ4n) is 4.12. The van der Waals surface area contributed by atoms with Crippen LogP contribution in [0.5, 0.6) is 5.75 Å². The second kappa shape index (κ2) is 10.3. The number of benzene rings is 1. The van der Waals surface area contributed by atoms with E-state index in [-0.39, 0.29) is 11.8 Å². The number of piperidine rings is 1. The Morgan fingerprint density at radius 2 is 2.09 bits per heavy atom. The van der Waals surface area contributed by atoms with E-state index in [0.717, 1.165) is 49.6 Å². The van der Waals surface area contributed by atoms with Crippen molar-refractivity contribution in [3.8, 4) is 5.75 Å². The van der Waals surface area contributed by atoms with Crippen LogP contribution in [0.4, 0.5) is 0 Å². The maximum Gasteiger partial charge on any atom is 0.254 e. The Labute approximate surface area is 188 Å². The molecule has 0 spiro atoms. The number of nitrogens with one attached hydrogen (secondary N) is 1. The van der Waals surface area contributed by atoms with Gasteiger partial charge in [-0.15, -0.1) is 0 Å². The standard InChI is InChI=1S/C25H29N5O2/c1-18-23(25(31)28-14-19-6-3-9-22(12-19)32-2)15-27-24(29-18)21-8-5-11-30(17-21)16-20-7-4-10-26-13-20/h3-4,6-7,9-10,12-13,15,21H,5,8,11,14,16-17H2,1-2H3,(H,28,31)/t21-/m0/s1. The minimum atomic E-state index is -0.168. The molecule has 1 saturated heterocycles. The van der Waals surface area contributed by atoms with Gasteiger partial charge < -0.3 is 10.1 Å². The molecule has 0 unspecified atom stereocenters. The second-order valence-electron chi connectivity index (χ2n) is 8.20. The Balaban J connectivity index is 1.38. The lowest BCUT2D eigenvalue weighted by atomic mass is 9.96. The highest BCUT2D eigenvalue weighted by Gasteiger charge is 2.24. The topological polar surface area (TPSA) is 80.2 Å². The summed E-state index contributed by atoms with van der Waals surface area (Å²) in [5.74, 6) is 1.69. The first-order valence-electron chi connectivity index (χ1n) is 11.0. The molecule has 0 radical (unpaired) electrons. The number of hydrogen-bond acceptors (Lipinski definition) is 6. The Bertz CT molecular complexity index is 1060. The summed E-state index contributed by atoms with van der Waals surface area (Å²) in [6.45, 7) is 5.16. The third kappa shape index (κ3) is 5.48. The van der Waals surface area contributed by atoms with Crippen LogP contribution in [0.25, 0.3) is 0 Å². The first-order chi connectivity index (χ1) is 15.6. The molecule has 7 nitrogen and oxygen atoms in total. The largest absolute Gasteiger partial charge is 0.497 e. The Hall–Kier alpha value is -3.32. The molecule has 0 bridgehead atoms. The van der Waals surface area contributed by atoms with E-state index < -0.39 is 0 Å². The molecule has 32 heavy (non-hydrogen) atoms. The van der Waals surface area contributed by atoms with Crippen LogP contribution in [0, 0.1) is 6.92 Å². The molecule has 1 fully saturated rings. The number of methoxy groups -OCH3 is 1. The van der Waals surface area contributed by atoms with Gasteiger partial charge in [-0.3, -0.25) is 14.7 Å². The number of likely N-dealkylation sites (tertiary alicyclic amines) is 1. The number of aryl methyl sites for hydroxylation is 1. The molecule has 3 heterocycles.